The maximum absolute atomic E-state index is 11.4. The van der Waals surface area contributed by atoms with Gasteiger partial charge in [0.1, 0.15) is 0 Å². The highest BCUT2D eigenvalue weighted by atomic mass is 16.4. The molecule has 0 aromatic carbocycles. The van der Waals surface area contributed by atoms with E-state index in [4.69, 9.17) is 5.11 Å². The SMILES string of the molecule is CNC(=O)CN(CCN(C)CCN(C)CCNC=O)CC(=O)O. The number of carboxylic acid groups (broad SMARTS) is 1. The van der Waals surface area contributed by atoms with Crippen LogP contribution >= 0.6 is 0 Å². The lowest BCUT2D eigenvalue weighted by atomic mass is 10.4. The van der Waals surface area contributed by atoms with E-state index in [2.05, 4.69) is 20.4 Å². The van der Waals surface area contributed by atoms with Crippen LogP contribution in [0.25, 0.3) is 0 Å². The van der Waals surface area contributed by atoms with Gasteiger partial charge in [-0.1, -0.05) is 0 Å². The average molecular weight is 331 g/mol. The first-order chi connectivity index (χ1) is 10.9. The van der Waals surface area contributed by atoms with Gasteiger partial charge < -0.3 is 25.5 Å². The van der Waals surface area contributed by atoms with Crippen molar-refractivity contribution in [1.29, 1.82) is 0 Å². The Balaban J connectivity index is 4.04. The molecule has 0 radical (unpaired) electrons. The first-order valence-electron chi connectivity index (χ1n) is 7.57. The van der Waals surface area contributed by atoms with Crippen molar-refractivity contribution in [2.75, 3.05) is 73.5 Å². The lowest BCUT2D eigenvalue weighted by Gasteiger charge is -2.25. The predicted octanol–water partition coefficient (Wildman–Crippen LogP) is -2.27. The molecular formula is C14H29N5O4. The largest absolute Gasteiger partial charge is 0.480 e. The van der Waals surface area contributed by atoms with Crippen molar-refractivity contribution >= 4 is 18.3 Å². The van der Waals surface area contributed by atoms with Crippen LogP contribution in [0, 0.1) is 0 Å². The molecular weight excluding hydrogens is 302 g/mol. The average Bonchev–Trinajstić information content (AvgIpc) is 2.50. The van der Waals surface area contributed by atoms with E-state index in [0.29, 0.717) is 26.0 Å². The molecule has 0 bridgehead atoms. The van der Waals surface area contributed by atoms with Crippen molar-refractivity contribution < 1.29 is 19.5 Å². The molecule has 9 heteroatoms. The second-order valence-corrected chi connectivity index (χ2v) is 5.46. The lowest BCUT2D eigenvalue weighted by Crippen LogP contribution is -2.43. The molecule has 0 saturated carbocycles. The molecule has 0 aliphatic carbocycles. The zero-order valence-electron chi connectivity index (χ0n) is 14.2. The molecule has 2 amide bonds. The molecule has 0 aromatic rings. The normalized spacial score (nSPS) is 11.0. The molecule has 0 heterocycles. The number of carbonyl (C=O) groups is 3. The Bertz CT molecular complexity index is 367. The van der Waals surface area contributed by atoms with E-state index in [1.807, 2.05) is 14.1 Å². The smallest absolute Gasteiger partial charge is 0.317 e. The fourth-order valence-corrected chi connectivity index (χ4v) is 1.88. The number of carbonyl (C=O) groups excluding carboxylic acids is 2. The van der Waals surface area contributed by atoms with Gasteiger partial charge in [0.25, 0.3) is 0 Å². The van der Waals surface area contributed by atoms with Crippen LogP contribution in [0.5, 0.6) is 0 Å². The van der Waals surface area contributed by atoms with Gasteiger partial charge in [-0.15, -0.1) is 0 Å². The van der Waals surface area contributed by atoms with E-state index < -0.39 is 5.97 Å². The Morgan fingerprint density at radius 2 is 1.57 bits per heavy atom. The third-order valence-electron chi connectivity index (χ3n) is 3.39. The zero-order chi connectivity index (χ0) is 17.7. The van der Waals surface area contributed by atoms with Crippen molar-refractivity contribution in [2.45, 2.75) is 0 Å². The Labute approximate surface area is 137 Å². The van der Waals surface area contributed by atoms with Crippen molar-refractivity contribution in [3.63, 3.8) is 0 Å². The summed E-state index contributed by atoms with van der Waals surface area (Å²) in [5.41, 5.74) is 0. The second-order valence-electron chi connectivity index (χ2n) is 5.46. The first kappa shape index (κ1) is 21.3. The van der Waals surface area contributed by atoms with Gasteiger partial charge in [0.05, 0.1) is 13.1 Å². The van der Waals surface area contributed by atoms with Crippen LogP contribution in [0.2, 0.25) is 0 Å². The summed E-state index contributed by atoms with van der Waals surface area (Å²) in [4.78, 5) is 38.2. The molecule has 0 unspecified atom stereocenters. The van der Waals surface area contributed by atoms with Crippen LogP contribution in [-0.2, 0) is 14.4 Å². The minimum atomic E-state index is -0.945. The number of nitrogens with zero attached hydrogens (tertiary/aromatic N) is 3. The summed E-state index contributed by atoms with van der Waals surface area (Å²) >= 11 is 0. The Hall–Kier alpha value is -1.71. The zero-order valence-corrected chi connectivity index (χ0v) is 14.2. The number of hydrogen-bond donors (Lipinski definition) is 3. The van der Waals surface area contributed by atoms with Gasteiger partial charge in [-0.3, -0.25) is 19.3 Å². The van der Waals surface area contributed by atoms with Gasteiger partial charge in [-0.05, 0) is 14.1 Å². The van der Waals surface area contributed by atoms with E-state index in [1.54, 1.807) is 4.90 Å². The van der Waals surface area contributed by atoms with Gasteiger partial charge in [-0.25, -0.2) is 0 Å². The van der Waals surface area contributed by atoms with Gasteiger partial charge in [0.15, 0.2) is 0 Å². The summed E-state index contributed by atoms with van der Waals surface area (Å²) in [7, 11) is 5.46. The number of rotatable bonds is 14. The molecule has 0 fully saturated rings. The standard InChI is InChI=1S/C14H29N5O4/c1-15-13(21)10-19(11-14(22)23)9-8-18(3)7-6-17(2)5-4-16-12-20/h12H,4-11H2,1-3H3,(H,15,21)(H,16,20)(H,22,23). The minimum Gasteiger partial charge on any atom is -0.480 e. The summed E-state index contributed by atoms with van der Waals surface area (Å²) in [6.45, 7) is 4.14. The van der Waals surface area contributed by atoms with Gasteiger partial charge >= 0.3 is 5.97 Å². The Morgan fingerprint density at radius 1 is 1.00 bits per heavy atom. The molecule has 134 valence electrons. The number of nitrogens with one attached hydrogen (secondary N) is 2. The molecule has 0 saturated heterocycles. The number of aliphatic carboxylic acids is 1. The van der Waals surface area contributed by atoms with Crippen LogP contribution in [-0.4, -0.2) is 112 Å². The molecule has 3 N–H and O–H groups in total. The Morgan fingerprint density at radius 3 is 2.09 bits per heavy atom. The Kier molecular flexibility index (Phi) is 11.8. The van der Waals surface area contributed by atoms with Crippen LogP contribution in [0.1, 0.15) is 0 Å². The molecule has 0 aliphatic rings. The highest BCUT2D eigenvalue weighted by Gasteiger charge is 2.14. The monoisotopic (exact) mass is 331 g/mol. The maximum Gasteiger partial charge on any atom is 0.317 e. The van der Waals surface area contributed by atoms with Crippen molar-refractivity contribution in [3.05, 3.63) is 0 Å². The number of carboxylic acids is 1. The minimum absolute atomic E-state index is 0.0773. The molecule has 0 spiro atoms. The summed E-state index contributed by atoms with van der Waals surface area (Å²) in [6.07, 6.45) is 0.684. The molecule has 0 aliphatic heterocycles. The van der Waals surface area contributed by atoms with E-state index in [0.717, 1.165) is 19.6 Å². The summed E-state index contributed by atoms with van der Waals surface area (Å²) in [6, 6.07) is 0. The van der Waals surface area contributed by atoms with Crippen molar-refractivity contribution in [3.8, 4) is 0 Å². The molecule has 0 rings (SSSR count). The van der Waals surface area contributed by atoms with E-state index in [-0.39, 0.29) is 19.0 Å². The van der Waals surface area contributed by atoms with E-state index in [9.17, 15) is 14.4 Å². The highest BCUT2D eigenvalue weighted by molar-refractivity contribution is 5.78. The topological polar surface area (TPSA) is 105 Å². The third-order valence-corrected chi connectivity index (χ3v) is 3.39. The predicted molar refractivity (Wildman–Crippen MR) is 87.2 cm³/mol. The van der Waals surface area contributed by atoms with E-state index >= 15 is 0 Å². The van der Waals surface area contributed by atoms with Gasteiger partial charge in [-0.2, -0.15) is 0 Å². The summed E-state index contributed by atoms with van der Waals surface area (Å²) in [5.74, 6) is -1.14. The number of likely N-dealkylation sites (N-methyl/N-ethyl adjacent to an activating group) is 3. The van der Waals surface area contributed by atoms with Crippen molar-refractivity contribution in [1.82, 2.24) is 25.3 Å². The second kappa shape index (κ2) is 12.8. The molecule has 0 atom stereocenters. The fourth-order valence-electron chi connectivity index (χ4n) is 1.88. The quantitative estimate of drug-likeness (QED) is 0.243. The van der Waals surface area contributed by atoms with Gasteiger partial charge in [0.2, 0.25) is 12.3 Å². The first-order valence-corrected chi connectivity index (χ1v) is 7.57. The number of hydrogen-bond acceptors (Lipinski definition) is 6. The highest BCUT2D eigenvalue weighted by Crippen LogP contribution is 1.92. The van der Waals surface area contributed by atoms with Crippen LogP contribution in [0.4, 0.5) is 0 Å². The number of amides is 2. The molecule has 0 aromatic heterocycles. The summed E-state index contributed by atoms with van der Waals surface area (Å²) < 4.78 is 0. The summed E-state index contributed by atoms with van der Waals surface area (Å²) in [5, 5.41) is 14.0. The van der Waals surface area contributed by atoms with Crippen LogP contribution in [0.15, 0.2) is 0 Å². The van der Waals surface area contributed by atoms with Crippen LogP contribution < -0.4 is 10.6 Å². The lowest BCUT2D eigenvalue weighted by molar-refractivity contribution is -0.138. The molecule has 9 nitrogen and oxygen atoms in total. The third kappa shape index (κ3) is 12.5. The maximum atomic E-state index is 11.4. The fraction of sp³-hybridized carbons (Fsp3) is 0.786. The van der Waals surface area contributed by atoms with Crippen LogP contribution in [0.3, 0.4) is 0 Å². The van der Waals surface area contributed by atoms with E-state index in [1.165, 1.54) is 7.05 Å². The van der Waals surface area contributed by atoms with Crippen molar-refractivity contribution in [2.24, 2.45) is 0 Å². The van der Waals surface area contributed by atoms with Gasteiger partial charge in [0, 0.05) is 46.3 Å². The molecule has 23 heavy (non-hydrogen) atoms.